The molecule has 0 N–H and O–H groups in total. The maximum absolute atomic E-state index is 13.2. The van der Waals surface area contributed by atoms with E-state index in [9.17, 15) is 14.9 Å². The predicted octanol–water partition coefficient (Wildman–Crippen LogP) is 1.82. The zero-order chi connectivity index (χ0) is 21.8. The molecular formula is C22H29N3O5. The summed E-state index contributed by atoms with van der Waals surface area (Å²) in [6, 6.07) is 6.12. The first-order valence-corrected chi connectivity index (χ1v) is 10.2. The van der Waals surface area contributed by atoms with Crippen molar-refractivity contribution in [2.24, 2.45) is 0 Å². The van der Waals surface area contributed by atoms with Crippen molar-refractivity contribution in [2.45, 2.75) is 50.5 Å². The summed E-state index contributed by atoms with van der Waals surface area (Å²) in [6.45, 7) is 2.47. The second-order valence-corrected chi connectivity index (χ2v) is 7.92. The van der Waals surface area contributed by atoms with Gasteiger partial charge in [0.05, 0.1) is 29.4 Å². The first kappa shape index (κ1) is 22.1. The molecule has 2 aliphatic rings. The SMILES string of the molecule is CO[C@@H]1CC[C@H]2CCN(C)C(=O)[C@@H](C)N(C)C(=O)c3cc(C#N)ccc3OC[C@H]1O2. The minimum atomic E-state index is -0.651. The molecule has 0 unspecified atom stereocenters. The van der Waals surface area contributed by atoms with Gasteiger partial charge < -0.3 is 24.0 Å². The van der Waals surface area contributed by atoms with Gasteiger partial charge in [-0.05, 0) is 44.4 Å². The number of hydrogen-bond acceptors (Lipinski definition) is 6. The van der Waals surface area contributed by atoms with E-state index in [4.69, 9.17) is 14.2 Å². The van der Waals surface area contributed by atoms with Crippen molar-refractivity contribution in [3.8, 4) is 11.8 Å². The summed E-state index contributed by atoms with van der Waals surface area (Å²) in [5, 5.41) is 9.27. The standard InChI is InChI=1S/C22H29N3O5/c1-14-21(26)24(2)10-9-16-6-8-19(28-4)20(30-16)13-29-18-7-5-15(12-23)11-17(18)22(27)25(14)3/h5,7,11,14,16,19-20H,6,8-10,13H2,1-4H3/t14-,16+,19-,20-/m1/s1. The molecule has 2 amide bonds. The number of methoxy groups -OCH3 is 1. The van der Waals surface area contributed by atoms with E-state index in [1.165, 1.54) is 11.0 Å². The van der Waals surface area contributed by atoms with Gasteiger partial charge >= 0.3 is 0 Å². The fraction of sp³-hybridized carbons (Fsp3) is 0.591. The van der Waals surface area contributed by atoms with Gasteiger partial charge in [-0.3, -0.25) is 9.59 Å². The van der Waals surface area contributed by atoms with Crippen LogP contribution in [0.3, 0.4) is 0 Å². The smallest absolute Gasteiger partial charge is 0.258 e. The molecule has 0 saturated carbocycles. The Morgan fingerprint density at radius 3 is 2.67 bits per heavy atom. The molecule has 0 aliphatic carbocycles. The van der Waals surface area contributed by atoms with Crippen molar-refractivity contribution in [3.63, 3.8) is 0 Å². The van der Waals surface area contributed by atoms with Gasteiger partial charge in [-0.1, -0.05) is 0 Å². The monoisotopic (exact) mass is 415 g/mol. The Labute approximate surface area is 177 Å². The van der Waals surface area contributed by atoms with Crippen LogP contribution in [0.1, 0.15) is 42.1 Å². The number of hydrogen-bond donors (Lipinski definition) is 0. The van der Waals surface area contributed by atoms with Gasteiger partial charge in [-0.2, -0.15) is 5.26 Å². The highest BCUT2D eigenvalue weighted by atomic mass is 16.6. The Balaban J connectivity index is 1.98. The van der Waals surface area contributed by atoms with Crippen molar-refractivity contribution in [1.82, 2.24) is 9.80 Å². The number of carbonyl (C=O) groups excluding carboxylic acids is 2. The third-order valence-electron chi connectivity index (χ3n) is 6.02. The predicted molar refractivity (Wildman–Crippen MR) is 109 cm³/mol. The summed E-state index contributed by atoms with van der Waals surface area (Å²) >= 11 is 0. The molecule has 0 aromatic heterocycles. The van der Waals surface area contributed by atoms with Crippen LogP contribution in [0.2, 0.25) is 0 Å². The molecule has 3 rings (SSSR count). The lowest BCUT2D eigenvalue weighted by Gasteiger charge is -2.37. The number of rotatable bonds is 1. The Morgan fingerprint density at radius 1 is 1.20 bits per heavy atom. The van der Waals surface area contributed by atoms with Gasteiger partial charge in [0, 0.05) is 27.7 Å². The molecule has 162 valence electrons. The molecule has 2 bridgehead atoms. The first-order chi connectivity index (χ1) is 14.3. The normalized spacial score (nSPS) is 28.2. The van der Waals surface area contributed by atoms with Crippen LogP contribution in [0, 0.1) is 11.3 Å². The number of carbonyl (C=O) groups is 2. The summed E-state index contributed by atoms with van der Waals surface area (Å²) < 4.78 is 17.8. The van der Waals surface area contributed by atoms with Gasteiger partial charge in [0.2, 0.25) is 5.91 Å². The van der Waals surface area contributed by atoms with E-state index >= 15 is 0 Å². The number of benzene rings is 1. The number of fused-ring (bicyclic) bond motifs is 3. The van der Waals surface area contributed by atoms with Gasteiger partial charge in [-0.25, -0.2) is 0 Å². The van der Waals surface area contributed by atoms with E-state index in [1.54, 1.807) is 45.2 Å². The zero-order valence-corrected chi connectivity index (χ0v) is 18.0. The second-order valence-electron chi connectivity index (χ2n) is 7.92. The second kappa shape index (κ2) is 9.45. The molecule has 4 atom stereocenters. The Kier molecular flexibility index (Phi) is 6.95. The van der Waals surface area contributed by atoms with Crippen LogP contribution in [-0.2, 0) is 14.3 Å². The van der Waals surface area contributed by atoms with E-state index in [0.717, 1.165) is 12.8 Å². The molecule has 2 aliphatic heterocycles. The highest BCUT2D eigenvalue weighted by Crippen LogP contribution is 2.28. The van der Waals surface area contributed by atoms with E-state index in [1.807, 2.05) is 6.07 Å². The van der Waals surface area contributed by atoms with E-state index in [-0.39, 0.29) is 42.3 Å². The minimum Gasteiger partial charge on any atom is -0.490 e. The molecule has 8 nitrogen and oxygen atoms in total. The van der Waals surface area contributed by atoms with Crippen molar-refractivity contribution in [1.29, 1.82) is 5.26 Å². The summed E-state index contributed by atoms with van der Waals surface area (Å²) in [5.74, 6) is -0.167. The van der Waals surface area contributed by atoms with Crippen molar-refractivity contribution in [3.05, 3.63) is 29.3 Å². The first-order valence-electron chi connectivity index (χ1n) is 10.2. The lowest BCUT2D eigenvalue weighted by atomic mass is 9.99. The zero-order valence-electron chi connectivity index (χ0n) is 18.0. The summed E-state index contributed by atoms with van der Waals surface area (Å²) in [5.41, 5.74) is 0.595. The number of ether oxygens (including phenoxy) is 3. The molecule has 1 aromatic rings. The molecule has 1 fully saturated rings. The number of nitrogens with zero attached hydrogens (tertiary/aromatic N) is 3. The van der Waals surface area contributed by atoms with Gasteiger partial charge in [-0.15, -0.1) is 0 Å². The van der Waals surface area contributed by atoms with Crippen molar-refractivity contribution < 1.29 is 23.8 Å². The third-order valence-corrected chi connectivity index (χ3v) is 6.02. The van der Waals surface area contributed by atoms with E-state index in [0.29, 0.717) is 24.3 Å². The van der Waals surface area contributed by atoms with Gasteiger partial charge in [0.25, 0.3) is 5.91 Å². The lowest BCUT2D eigenvalue weighted by Crippen LogP contribution is -2.48. The van der Waals surface area contributed by atoms with Crippen molar-refractivity contribution >= 4 is 11.8 Å². The molecular weight excluding hydrogens is 386 g/mol. The number of likely N-dealkylation sites (N-methyl/N-ethyl adjacent to an activating group) is 2. The lowest BCUT2D eigenvalue weighted by molar-refractivity contribution is -0.146. The molecule has 30 heavy (non-hydrogen) atoms. The average molecular weight is 415 g/mol. The van der Waals surface area contributed by atoms with Crippen LogP contribution in [0.4, 0.5) is 0 Å². The van der Waals surface area contributed by atoms with Crippen LogP contribution < -0.4 is 4.74 Å². The van der Waals surface area contributed by atoms with Gasteiger partial charge in [0.15, 0.2) is 0 Å². The highest BCUT2D eigenvalue weighted by molar-refractivity contribution is 5.99. The van der Waals surface area contributed by atoms with Gasteiger partial charge in [0.1, 0.15) is 24.5 Å². The topological polar surface area (TPSA) is 92.1 Å². The largest absolute Gasteiger partial charge is 0.490 e. The average Bonchev–Trinajstić information content (AvgIpc) is 2.78. The molecule has 0 spiro atoms. The van der Waals surface area contributed by atoms with Crippen LogP contribution in [0.25, 0.3) is 0 Å². The summed E-state index contributed by atoms with van der Waals surface area (Å²) in [7, 11) is 4.98. The van der Waals surface area contributed by atoms with Crippen LogP contribution in [-0.4, -0.2) is 80.3 Å². The Bertz CT molecular complexity index is 837. The minimum absolute atomic E-state index is 0.0123. The molecule has 2 heterocycles. The molecule has 8 heteroatoms. The number of amides is 2. The van der Waals surface area contributed by atoms with Crippen molar-refractivity contribution in [2.75, 3.05) is 34.4 Å². The van der Waals surface area contributed by atoms with Crippen LogP contribution in [0.5, 0.6) is 5.75 Å². The number of nitriles is 1. The van der Waals surface area contributed by atoms with Crippen LogP contribution in [0.15, 0.2) is 18.2 Å². The maximum Gasteiger partial charge on any atom is 0.258 e. The molecule has 1 aromatic carbocycles. The molecule has 0 radical (unpaired) electrons. The summed E-state index contributed by atoms with van der Waals surface area (Å²) in [4.78, 5) is 29.1. The fourth-order valence-electron chi connectivity index (χ4n) is 3.93. The van der Waals surface area contributed by atoms with E-state index in [2.05, 4.69) is 0 Å². The van der Waals surface area contributed by atoms with E-state index < -0.39 is 6.04 Å². The van der Waals surface area contributed by atoms with Crippen LogP contribution >= 0.6 is 0 Å². The summed E-state index contributed by atoms with van der Waals surface area (Å²) in [6.07, 6.45) is 2.03. The highest BCUT2D eigenvalue weighted by Gasteiger charge is 2.34. The third kappa shape index (κ3) is 4.58. The molecule has 1 saturated heterocycles. The Hall–Kier alpha value is -2.63. The Morgan fingerprint density at radius 2 is 1.97 bits per heavy atom. The maximum atomic E-state index is 13.2. The quantitative estimate of drug-likeness (QED) is 0.695. The fourth-order valence-corrected chi connectivity index (χ4v) is 3.93.